The van der Waals surface area contributed by atoms with Crippen LogP contribution in [0.5, 0.6) is 0 Å². The molecule has 0 atom stereocenters. The number of benzene rings is 3. The fraction of sp³-hybridized carbons (Fsp3) is 0.0556. The van der Waals surface area contributed by atoms with E-state index in [2.05, 4.69) is 41.4 Å². The maximum absolute atomic E-state index is 13.0. The van der Waals surface area contributed by atoms with Gasteiger partial charge in [-0.05, 0) is 40.6 Å². The Kier molecular flexibility index (Phi) is 9.43. The summed E-state index contributed by atoms with van der Waals surface area (Å²) in [7, 11) is -32.0. The largest absolute Gasteiger partial charge is 3.00 e. The zero-order valence-corrected chi connectivity index (χ0v) is 24.4. The van der Waals surface area contributed by atoms with Crippen LogP contribution in [0.25, 0.3) is 10.8 Å². The van der Waals surface area contributed by atoms with E-state index < -0.39 is 23.4 Å². The molecule has 4 rings (SSSR count). The summed E-state index contributed by atoms with van der Waals surface area (Å²) >= 11 is 0. The summed E-state index contributed by atoms with van der Waals surface area (Å²) in [6, 6.07) is 19.0. The molecule has 0 radical (unpaired) electrons. The summed E-state index contributed by atoms with van der Waals surface area (Å²) in [5.41, 5.74) is 4.37. The molecule has 1 nitrogen and oxygen atoms in total. The zero-order chi connectivity index (χ0) is 32.8. The van der Waals surface area contributed by atoms with E-state index in [1.54, 1.807) is 12.1 Å². The summed E-state index contributed by atoms with van der Waals surface area (Å²) < 4.78 is 191. The van der Waals surface area contributed by atoms with E-state index >= 15 is 0 Å². The normalized spacial score (nSPS) is 18.8. The molecule has 0 amide bonds. The minimum absolute atomic E-state index is 0. The Morgan fingerprint density at radius 2 is 0.857 bits per heavy atom. The smallest absolute Gasteiger partial charge is 0.252 e. The first kappa shape index (κ1) is 40.2. The van der Waals surface area contributed by atoms with Crippen LogP contribution in [0.2, 0.25) is 0 Å². The van der Waals surface area contributed by atoms with Crippen LogP contribution in [0.3, 0.4) is 0 Å². The van der Waals surface area contributed by atoms with Crippen molar-refractivity contribution in [3.05, 3.63) is 77.6 Å². The standard InChI is InChI=1S/C18H12FN.3F6P.Ir/c19-14-7-9-15(10-8-14)20-17-11-13-5-1-3-12-4-2-6-16(17)18(12)13;3*1-7(2,3,4,5)6;/h1-10H,11H2;;;;/q;3*-1;+3. The molecule has 0 saturated heterocycles. The van der Waals surface area contributed by atoms with Crippen LogP contribution >= 0.6 is 23.4 Å². The van der Waals surface area contributed by atoms with Crippen molar-refractivity contribution >= 4 is 45.6 Å². The predicted octanol–water partition coefficient (Wildman–Crippen LogP) is 14.8. The number of hydrogen-bond acceptors (Lipinski definition) is 1. The number of halogens is 19. The molecule has 246 valence electrons. The van der Waals surface area contributed by atoms with Crippen LogP contribution < -0.4 is 0 Å². The van der Waals surface area contributed by atoms with Gasteiger partial charge in [-0.3, -0.25) is 4.99 Å². The molecule has 0 saturated carbocycles. The van der Waals surface area contributed by atoms with Crippen molar-refractivity contribution in [2.24, 2.45) is 4.99 Å². The third-order valence-corrected chi connectivity index (χ3v) is 3.75. The van der Waals surface area contributed by atoms with Gasteiger partial charge in [-0.15, -0.1) is 0 Å². The summed E-state index contributed by atoms with van der Waals surface area (Å²) in [6.45, 7) is 0. The van der Waals surface area contributed by atoms with Gasteiger partial charge in [-0.1, -0.05) is 36.4 Å². The molecular formula is C18H12F19IrNP3. The number of aliphatic imine (C=N–C) groups is 1. The summed E-state index contributed by atoms with van der Waals surface area (Å²) in [5, 5.41) is 2.56. The first-order chi connectivity index (χ1) is 17.2. The Morgan fingerprint density at radius 3 is 1.24 bits per heavy atom. The Hall–Kier alpha value is -1.80. The van der Waals surface area contributed by atoms with E-state index in [0.717, 1.165) is 17.8 Å². The first-order valence-electron chi connectivity index (χ1n) is 9.70. The second-order valence-corrected chi connectivity index (χ2v) is 13.7. The SMILES string of the molecule is F[P-](F)(F)(F)(F)F.F[P-](F)(F)(F)(F)F.F[P-](F)(F)(F)(F)F.Fc1ccc(N=C2Cc3cccc4cccc2c34)cc1.[Ir+3]. The molecule has 3 aromatic carbocycles. The second kappa shape index (κ2) is 9.85. The molecule has 0 aliphatic heterocycles. The average molecular weight is 888 g/mol. The van der Waals surface area contributed by atoms with Gasteiger partial charge in [0, 0.05) is 12.0 Å². The molecule has 0 heterocycles. The fourth-order valence-electron chi connectivity index (χ4n) is 2.85. The molecule has 42 heavy (non-hydrogen) atoms. The maximum atomic E-state index is 13.0. The fourth-order valence-corrected chi connectivity index (χ4v) is 2.85. The Labute approximate surface area is 234 Å². The predicted molar refractivity (Wildman–Crippen MR) is 121 cm³/mol. The van der Waals surface area contributed by atoms with E-state index in [0.29, 0.717) is 0 Å². The van der Waals surface area contributed by atoms with Crippen LogP contribution in [0.4, 0.5) is 85.6 Å². The van der Waals surface area contributed by atoms with Gasteiger partial charge in [0.25, 0.3) is 0 Å². The Balaban J connectivity index is 0.000000639. The Morgan fingerprint density at radius 1 is 0.500 bits per heavy atom. The molecule has 1 aliphatic rings. The molecule has 0 N–H and O–H groups in total. The van der Waals surface area contributed by atoms with Crippen LogP contribution in [0.15, 0.2) is 65.7 Å². The van der Waals surface area contributed by atoms with Gasteiger partial charge in [0.2, 0.25) is 0 Å². The van der Waals surface area contributed by atoms with Crippen LogP contribution in [0, 0.1) is 5.82 Å². The van der Waals surface area contributed by atoms with E-state index in [-0.39, 0.29) is 25.9 Å². The topological polar surface area (TPSA) is 12.4 Å². The van der Waals surface area contributed by atoms with Crippen molar-refractivity contribution in [1.82, 2.24) is 0 Å². The molecule has 3 aromatic rings. The van der Waals surface area contributed by atoms with Gasteiger partial charge < -0.3 is 0 Å². The molecule has 0 bridgehead atoms. The molecule has 0 aromatic heterocycles. The monoisotopic (exact) mass is 889 g/mol. The molecule has 1 aliphatic carbocycles. The van der Waals surface area contributed by atoms with Crippen molar-refractivity contribution in [3.8, 4) is 0 Å². The first-order valence-corrected chi connectivity index (χ1v) is 15.8. The van der Waals surface area contributed by atoms with Crippen molar-refractivity contribution in [2.75, 3.05) is 0 Å². The van der Waals surface area contributed by atoms with Crippen molar-refractivity contribution in [1.29, 1.82) is 0 Å². The number of hydrogen-bond donors (Lipinski definition) is 0. The molecule has 0 fully saturated rings. The van der Waals surface area contributed by atoms with Gasteiger partial charge in [0.15, 0.2) is 0 Å². The Bertz CT molecular complexity index is 1350. The third-order valence-electron chi connectivity index (χ3n) is 3.75. The summed E-state index contributed by atoms with van der Waals surface area (Å²) in [4.78, 5) is 4.69. The van der Waals surface area contributed by atoms with Crippen molar-refractivity contribution in [2.45, 2.75) is 6.42 Å². The van der Waals surface area contributed by atoms with E-state index in [1.807, 2.05) is 0 Å². The van der Waals surface area contributed by atoms with E-state index in [9.17, 15) is 79.9 Å². The minimum Gasteiger partial charge on any atom is -0.252 e. The van der Waals surface area contributed by atoms with Crippen LogP contribution in [-0.4, -0.2) is 5.71 Å². The summed E-state index contributed by atoms with van der Waals surface area (Å²) in [6.07, 6.45) is 0.841. The number of nitrogens with zero attached hydrogens (tertiary/aromatic N) is 1. The van der Waals surface area contributed by atoms with Gasteiger partial charge in [0.1, 0.15) is 5.82 Å². The van der Waals surface area contributed by atoms with Crippen LogP contribution in [0.1, 0.15) is 11.1 Å². The van der Waals surface area contributed by atoms with Crippen molar-refractivity contribution < 1.29 is 100 Å². The third kappa shape index (κ3) is 27.1. The van der Waals surface area contributed by atoms with Gasteiger partial charge in [-0.2, -0.15) is 0 Å². The van der Waals surface area contributed by atoms with Crippen LogP contribution in [-0.2, 0) is 26.5 Å². The summed E-state index contributed by atoms with van der Waals surface area (Å²) in [5.74, 6) is -0.231. The van der Waals surface area contributed by atoms with Crippen molar-refractivity contribution in [3.63, 3.8) is 0 Å². The average Bonchev–Trinajstić information content (AvgIpc) is 2.96. The molecule has 0 spiro atoms. The number of rotatable bonds is 1. The molecule has 0 unspecified atom stereocenters. The zero-order valence-electron chi connectivity index (χ0n) is 19.3. The molecule has 24 heteroatoms. The molecular weight excluding hydrogens is 876 g/mol. The van der Waals surface area contributed by atoms with E-state index in [4.69, 9.17) is 0 Å². The van der Waals surface area contributed by atoms with E-state index in [1.165, 1.54) is 34.0 Å². The minimum atomic E-state index is -10.7. The maximum Gasteiger partial charge on any atom is 3.00 e. The van der Waals surface area contributed by atoms with Gasteiger partial charge in [0.05, 0.1) is 11.4 Å². The quantitative estimate of drug-likeness (QED) is 0.171. The second-order valence-electron chi connectivity index (χ2n) is 7.91. The van der Waals surface area contributed by atoms with Gasteiger partial charge in [-0.25, -0.2) is 4.39 Å². The van der Waals surface area contributed by atoms with Gasteiger partial charge >= 0.3 is 119 Å².